The molecular weight excluding hydrogens is 340 g/mol. The van der Waals surface area contributed by atoms with Gasteiger partial charge in [-0.25, -0.2) is 0 Å². The maximum atomic E-state index is 2.77. The monoisotopic (exact) mass is 372 g/mol. The Kier molecular flexibility index (Phi) is 4.31. The molecule has 0 aromatic heterocycles. The van der Waals surface area contributed by atoms with E-state index in [1.54, 1.807) is 22.3 Å². The SMILES string of the molecule is c1ccc2c(c1)C1c3ccccc3C2[C@@H](CN2CCCC2)[C@@H]1CN1CCCC1. The summed E-state index contributed by atoms with van der Waals surface area (Å²) in [6.07, 6.45) is 5.57. The molecule has 146 valence electrons. The van der Waals surface area contributed by atoms with Crippen LogP contribution in [0.4, 0.5) is 0 Å². The summed E-state index contributed by atoms with van der Waals surface area (Å²) in [5.41, 5.74) is 6.53. The van der Waals surface area contributed by atoms with Crippen LogP contribution in [0.1, 0.15) is 59.8 Å². The predicted octanol–water partition coefficient (Wildman–Crippen LogP) is 4.70. The van der Waals surface area contributed by atoms with Gasteiger partial charge in [0.05, 0.1) is 0 Å². The van der Waals surface area contributed by atoms with Crippen LogP contribution >= 0.6 is 0 Å². The number of likely N-dealkylation sites (tertiary alicyclic amines) is 2. The fourth-order valence-electron chi connectivity index (χ4n) is 6.91. The molecule has 2 aromatic carbocycles. The fraction of sp³-hybridized carbons (Fsp3) is 0.538. The van der Waals surface area contributed by atoms with Gasteiger partial charge in [0.25, 0.3) is 0 Å². The van der Waals surface area contributed by atoms with Gasteiger partial charge in [-0.3, -0.25) is 0 Å². The molecule has 2 saturated heterocycles. The van der Waals surface area contributed by atoms with Gasteiger partial charge >= 0.3 is 0 Å². The lowest BCUT2D eigenvalue weighted by molar-refractivity contribution is 0.126. The number of hydrogen-bond acceptors (Lipinski definition) is 2. The third-order valence-corrected chi connectivity index (χ3v) is 8.07. The van der Waals surface area contributed by atoms with Crippen molar-refractivity contribution >= 4 is 0 Å². The van der Waals surface area contributed by atoms with Gasteiger partial charge in [0.2, 0.25) is 0 Å². The molecule has 7 rings (SSSR count). The van der Waals surface area contributed by atoms with Crippen molar-refractivity contribution in [3.63, 3.8) is 0 Å². The molecule has 2 heteroatoms. The predicted molar refractivity (Wildman–Crippen MR) is 115 cm³/mol. The minimum atomic E-state index is 0.589. The maximum absolute atomic E-state index is 2.77. The molecule has 0 spiro atoms. The number of rotatable bonds is 4. The first-order valence-electron chi connectivity index (χ1n) is 11.5. The van der Waals surface area contributed by atoms with Crippen molar-refractivity contribution < 1.29 is 0 Å². The minimum absolute atomic E-state index is 0.589. The molecule has 2 aromatic rings. The van der Waals surface area contributed by atoms with E-state index in [2.05, 4.69) is 58.3 Å². The van der Waals surface area contributed by atoms with Crippen LogP contribution in [0.2, 0.25) is 0 Å². The first kappa shape index (κ1) is 17.2. The Labute approximate surface area is 169 Å². The zero-order valence-corrected chi connectivity index (χ0v) is 16.9. The van der Waals surface area contributed by atoms with E-state index >= 15 is 0 Å². The van der Waals surface area contributed by atoms with Gasteiger partial charge in [0, 0.05) is 24.9 Å². The zero-order chi connectivity index (χ0) is 18.5. The Morgan fingerprint density at radius 2 is 0.857 bits per heavy atom. The second kappa shape index (κ2) is 7.00. The highest BCUT2D eigenvalue weighted by molar-refractivity contribution is 5.56. The van der Waals surface area contributed by atoms with E-state index < -0.39 is 0 Å². The highest BCUT2D eigenvalue weighted by Gasteiger charge is 2.50. The molecular formula is C26H32N2. The van der Waals surface area contributed by atoms with Crippen molar-refractivity contribution in [3.05, 3.63) is 70.8 Å². The summed E-state index contributed by atoms with van der Waals surface area (Å²) >= 11 is 0. The third-order valence-electron chi connectivity index (χ3n) is 8.07. The molecule has 2 heterocycles. The lowest BCUT2D eigenvalue weighted by Crippen LogP contribution is -2.48. The Morgan fingerprint density at radius 3 is 1.18 bits per heavy atom. The van der Waals surface area contributed by atoms with Crippen LogP contribution in [-0.4, -0.2) is 49.1 Å². The average molecular weight is 373 g/mol. The van der Waals surface area contributed by atoms with Crippen LogP contribution < -0.4 is 0 Å². The van der Waals surface area contributed by atoms with Crippen LogP contribution in [0.25, 0.3) is 0 Å². The Bertz CT molecular complexity index is 730. The molecule has 3 aliphatic carbocycles. The van der Waals surface area contributed by atoms with Crippen LogP contribution in [0.15, 0.2) is 48.5 Å². The molecule has 0 radical (unpaired) electrons. The van der Waals surface area contributed by atoms with Crippen LogP contribution in [0, 0.1) is 11.8 Å². The van der Waals surface area contributed by atoms with Gasteiger partial charge in [-0.1, -0.05) is 48.5 Å². The third kappa shape index (κ3) is 2.69. The molecule has 2 bridgehead atoms. The molecule has 28 heavy (non-hydrogen) atoms. The lowest BCUT2D eigenvalue weighted by atomic mass is 9.54. The van der Waals surface area contributed by atoms with Crippen molar-refractivity contribution in [2.75, 3.05) is 39.3 Å². The van der Waals surface area contributed by atoms with Gasteiger partial charge < -0.3 is 9.80 Å². The largest absolute Gasteiger partial charge is 0.303 e. The van der Waals surface area contributed by atoms with Crippen molar-refractivity contribution in [2.45, 2.75) is 37.5 Å². The van der Waals surface area contributed by atoms with Crippen LogP contribution in [0.5, 0.6) is 0 Å². The molecule has 0 N–H and O–H groups in total. The summed E-state index contributed by atoms with van der Waals surface area (Å²) < 4.78 is 0. The van der Waals surface area contributed by atoms with Gasteiger partial charge in [-0.15, -0.1) is 0 Å². The van der Waals surface area contributed by atoms with Crippen molar-refractivity contribution in [3.8, 4) is 0 Å². The quantitative estimate of drug-likeness (QED) is 0.767. The van der Waals surface area contributed by atoms with E-state index in [0.29, 0.717) is 11.8 Å². The number of hydrogen-bond donors (Lipinski definition) is 0. The van der Waals surface area contributed by atoms with E-state index in [1.807, 2.05) is 0 Å². The smallest absolute Gasteiger partial charge is 0.0139 e. The minimum Gasteiger partial charge on any atom is -0.303 e. The van der Waals surface area contributed by atoms with Crippen LogP contribution in [-0.2, 0) is 0 Å². The van der Waals surface area contributed by atoms with Crippen molar-refractivity contribution in [1.82, 2.24) is 9.80 Å². The summed E-state index contributed by atoms with van der Waals surface area (Å²) in [6, 6.07) is 18.8. The van der Waals surface area contributed by atoms with E-state index in [1.165, 1.54) is 65.0 Å². The maximum Gasteiger partial charge on any atom is 0.0139 e. The van der Waals surface area contributed by atoms with Crippen LogP contribution in [0.3, 0.4) is 0 Å². The second-order valence-corrected chi connectivity index (χ2v) is 9.56. The number of fused-ring (bicyclic) bond motifs is 1. The summed E-state index contributed by atoms with van der Waals surface area (Å²) in [5, 5.41) is 0. The molecule has 2 fully saturated rings. The van der Waals surface area contributed by atoms with E-state index in [9.17, 15) is 0 Å². The topological polar surface area (TPSA) is 6.48 Å². The van der Waals surface area contributed by atoms with Gasteiger partial charge in [0.15, 0.2) is 0 Å². The number of nitrogens with zero attached hydrogens (tertiary/aromatic N) is 2. The zero-order valence-electron chi connectivity index (χ0n) is 16.9. The van der Waals surface area contributed by atoms with Crippen molar-refractivity contribution in [1.29, 1.82) is 0 Å². The molecule has 0 unspecified atom stereocenters. The average Bonchev–Trinajstić information content (AvgIpc) is 3.43. The number of benzene rings is 2. The Hall–Kier alpha value is -1.64. The summed E-state index contributed by atoms with van der Waals surface area (Å²) in [6.45, 7) is 7.84. The lowest BCUT2D eigenvalue weighted by Gasteiger charge is -2.52. The first-order valence-corrected chi connectivity index (χ1v) is 11.5. The first-order chi connectivity index (χ1) is 13.9. The normalized spacial score (nSPS) is 31.9. The molecule has 0 amide bonds. The van der Waals surface area contributed by atoms with Gasteiger partial charge in [-0.2, -0.15) is 0 Å². The Morgan fingerprint density at radius 1 is 0.536 bits per heavy atom. The van der Waals surface area contributed by atoms with Gasteiger partial charge in [0.1, 0.15) is 0 Å². The highest BCUT2D eigenvalue weighted by Crippen LogP contribution is 2.58. The standard InChI is InChI=1S/C26H32N2/c1-2-10-20-19(9-1)25-21-11-3-4-12-22(21)26(20)24(18-28-15-7-8-16-28)23(25)17-27-13-5-6-14-27/h1-4,9-12,23-26H,5-8,13-18H2/t23-,24-,25?,26?/m0/s1. The highest BCUT2D eigenvalue weighted by atomic mass is 15.2. The molecule has 2 aliphatic heterocycles. The summed E-state index contributed by atoms with van der Waals surface area (Å²) in [4.78, 5) is 5.54. The van der Waals surface area contributed by atoms with E-state index in [-0.39, 0.29) is 0 Å². The Balaban J connectivity index is 1.46. The molecule has 0 saturated carbocycles. The molecule has 5 aliphatic rings. The molecule has 2 nitrogen and oxygen atoms in total. The summed E-state index contributed by atoms with van der Waals surface area (Å²) in [5.74, 6) is 2.69. The van der Waals surface area contributed by atoms with E-state index in [0.717, 1.165) is 11.8 Å². The molecule has 2 atom stereocenters. The second-order valence-electron chi connectivity index (χ2n) is 9.56. The van der Waals surface area contributed by atoms with E-state index in [4.69, 9.17) is 0 Å². The fourth-order valence-corrected chi connectivity index (χ4v) is 6.91. The summed E-state index contributed by atoms with van der Waals surface area (Å²) in [7, 11) is 0. The van der Waals surface area contributed by atoms with Crippen molar-refractivity contribution in [2.24, 2.45) is 11.8 Å². The van der Waals surface area contributed by atoms with Gasteiger partial charge in [-0.05, 0) is 86.0 Å².